The normalized spacial score (nSPS) is 17.4. The molecule has 1 amide bonds. The first-order valence-electron chi connectivity index (χ1n) is 10.5. The van der Waals surface area contributed by atoms with Gasteiger partial charge in [0.2, 0.25) is 0 Å². The molecule has 2 aliphatic rings. The third kappa shape index (κ3) is 3.83. The van der Waals surface area contributed by atoms with Crippen molar-refractivity contribution in [3.05, 3.63) is 46.9 Å². The van der Waals surface area contributed by atoms with Crippen molar-refractivity contribution in [3.8, 4) is 0 Å². The van der Waals surface area contributed by atoms with Crippen molar-refractivity contribution in [1.82, 2.24) is 14.9 Å². The third-order valence-electron chi connectivity index (χ3n) is 5.97. The first-order chi connectivity index (χ1) is 15.1. The Bertz CT molecular complexity index is 1090. The zero-order chi connectivity index (χ0) is 21.4. The minimum Gasteiger partial charge on any atom is -0.378 e. The minimum atomic E-state index is -0.239. The van der Waals surface area contributed by atoms with E-state index in [0.717, 1.165) is 58.3 Å². The Morgan fingerprint density at radius 3 is 2.42 bits per heavy atom. The van der Waals surface area contributed by atoms with Gasteiger partial charge in [0, 0.05) is 45.0 Å². The van der Waals surface area contributed by atoms with E-state index in [4.69, 9.17) is 4.74 Å². The van der Waals surface area contributed by atoms with Crippen LogP contribution >= 0.6 is 11.3 Å². The van der Waals surface area contributed by atoms with Crippen LogP contribution in [0.1, 0.15) is 15.2 Å². The fraction of sp³-hybridized carbons (Fsp3) is 0.409. The van der Waals surface area contributed by atoms with Crippen molar-refractivity contribution in [2.45, 2.75) is 6.92 Å². The quantitative estimate of drug-likeness (QED) is 0.623. The molecule has 0 spiro atoms. The summed E-state index contributed by atoms with van der Waals surface area (Å²) in [5, 5.41) is 0.975. The van der Waals surface area contributed by atoms with Crippen LogP contribution in [0.5, 0.6) is 0 Å². The van der Waals surface area contributed by atoms with Gasteiger partial charge in [-0.15, -0.1) is 11.3 Å². The highest BCUT2D eigenvalue weighted by Crippen LogP contribution is 2.36. The Morgan fingerprint density at radius 1 is 1.00 bits per heavy atom. The fourth-order valence-electron chi connectivity index (χ4n) is 4.24. The molecule has 0 aliphatic carbocycles. The first-order valence-corrected chi connectivity index (χ1v) is 11.3. The molecule has 0 saturated carbocycles. The maximum Gasteiger partial charge on any atom is 0.264 e. The number of aromatic nitrogens is 2. The molecule has 0 bridgehead atoms. The molecule has 5 rings (SSSR count). The monoisotopic (exact) mass is 441 g/mol. The molecule has 7 nitrogen and oxygen atoms in total. The Balaban J connectivity index is 1.35. The molecule has 4 heterocycles. The van der Waals surface area contributed by atoms with Crippen LogP contribution in [-0.4, -0.2) is 73.3 Å². The summed E-state index contributed by atoms with van der Waals surface area (Å²) in [5.74, 6) is 0.701. The highest BCUT2D eigenvalue weighted by Gasteiger charge is 2.28. The lowest BCUT2D eigenvalue weighted by Gasteiger charge is -2.36. The van der Waals surface area contributed by atoms with Gasteiger partial charge in [-0.3, -0.25) is 4.79 Å². The predicted molar refractivity (Wildman–Crippen MR) is 120 cm³/mol. The molecule has 2 saturated heterocycles. The number of hydrogen-bond donors (Lipinski definition) is 0. The standard InChI is InChI=1S/C22H24FN5O2S/c1-15-18-20(27-10-12-30-13-11-27)24-14-25-21(18)31-19(15)22(29)28-8-6-26(7-9-28)17-4-2-16(23)3-5-17/h2-5,14H,6-13H2,1H3. The second kappa shape index (κ2) is 8.39. The summed E-state index contributed by atoms with van der Waals surface area (Å²) in [6.45, 7) is 7.63. The van der Waals surface area contributed by atoms with E-state index in [1.165, 1.54) is 23.5 Å². The van der Waals surface area contributed by atoms with Crippen LogP contribution in [0.2, 0.25) is 0 Å². The highest BCUT2D eigenvalue weighted by atomic mass is 32.1. The number of halogens is 1. The smallest absolute Gasteiger partial charge is 0.264 e. The summed E-state index contributed by atoms with van der Waals surface area (Å²) in [6, 6.07) is 6.52. The maximum absolute atomic E-state index is 13.4. The van der Waals surface area contributed by atoms with E-state index in [0.29, 0.717) is 26.3 Å². The zero-order valence-corrected chi connectivity index (χ0v) is 18.2. The van der Waals surface area contributed by atoms with Gasteiger partial charge in [-0.2, -0.15) is 0 Å². The molecule has 9 heteroatoms. The maximum atomic E-state index is 13.4. The van der Waals surface area contributed by atoms with Crippen molar-refractivity contribution < 1.29 is 13.9 Å². The largest absolute Gasteiger partial charge is 0.378 e. The lowest BCUT2D eigenvalue weighted by Crippen LogP contribution is -2.48. The van der Waals surface area contributed by atoms with Gasteiger partial charge in [-0.25, -0.2) is 14.4 Å². The van der Waals surface area contributed by atoms with Gasteiger partial charge in [0.1, 0.15) is 22.8 Å². The van der Waals surface area contributed by atoms with Crippen molar-refractivity contribution in [3.63, 3.8) is 0 Å². The number of carbonyl (C=O) groups is 1. The second-order valence-electron chi connectivity index (χ2n) is 7.79. The number of aryl methyl sites for hydroxylation is 1. The Kier molecular flexibility index (Phi) is 5.45. The van der Waals surface area contributed by atoms with Crippen LogP contribution in [0.15, 0.2) is 30.6 Å². The van der Waals surface area contributed by atoms with Crippen LogP contribution in [-0.2, 0) is 4.74 Å². The van der Waals surface area contributed by atoms with Crippen LogP contribution in [0.3, 0.4) is 0 Å². The topological polar surface area (TPSA) is 61.8 Å². The molecule has 3 aromatic rings. The summed E-state index contributed by atoms with van der Waals surface area (Å²) in [5.41, 5.74) is 1.94. The minimum absolute atomic E-state index is 0.0483. The molecular weight excluding hydrogens is 417 g/mol. The van der Waals surface area contributed by atoms with Crippen molar-refractivity contribution in [1.29, 1.82) is 0 Å². The molecule has 31 heavy (non-hydrogen) atoms. The number of amides is 1. The van der Waals surface area contributed by atoms with Crippen molar-refractivity contribution in [2.75, 3.05) is 62.3 Å². The summed E-state index contributed by atoms with van der Waals surface area (Å²) in [6.07, 6.45) is 1.58. The van der Waals surface area contributed by atoms with Gasteiger partial charge < -0.3 is 19.4 Å². The molecule has 2 aliphatic heterocycles. The average molecular weight is 442 g/mol. The van der Waals surface area contributed by atoms with Crippen LogP contribution < -0.4 is 9.80 Å². The number of thiophene rings is 1. The number of ether oxygens (including phenoxy) is 1. The van der Waals surface area contributed by atoms with E-state index in [2.05, 4.69) is 19.8 Å². The molecule has 162 valence electrons. The number of carbonyl (C=O) groups excluding carboxylic acids is 1. The van der Waals surface area contributed by atoms with E-state index >= 15 is 0 Å². The number of nitrogens with zero attached hydrogens (tertiary/aromatic N) is 5. The van der Waals surface area contributed by atoms with Gasteiger partial charge >= 0.3 is 0 Å². The summed E-state index contributed by atoms with van der Waals surface area (Å²) < 4.78 is 18.7. The zero-order valence-electron chi connectivity index (χ0n) is 17.4. The van der Waals surface area contributed by atoms with Crippen LogP contribution in [0.25, 0.3) is 10.2 Å². The van der Waals surface area contributed by atoms with E-state index in [1.807, 2.05) is 11.8 Å². The molecule has 0 radical (unpaired) electrons. The number of benzene rings is 1. The number of fused-ring (bicyclic) bond motifs is 1. The number of anilines is 2. The van der Waals surface area contributed by atoms with Crippen LogP contribution in [0, 0.1) is 12.7 Å². The lowest BCUT2D eigenvalue weighted by molar-refractivity contribution is 0.0751. The lowest BCUT2D eigenvalue weighted by atomic mass is 10.1. The molecule has 2 fully saturated rings. The van der Waals surface area contributed by atoms with Crippen molar-refractivity contribution in [2.24, 2.45) is 0 Å². The van der Waals surface area contributed by atoms with Gasteiger partial charge in [-0.05, 0) is 36.8 Å². The van der Waals surface area contributed by atoms with Crippen LogP contribution in [0.4, 0.5) is 15.9 Å². The molecular formula is C22H24FN5O2S. The SMILES string of the molecule is Cc1c(C(=O)N2CCN(c3ccc(F)cc3)CC2)sc2ncnc(N3CCOCC3)c12. The fourth-order valence-corrected chi connectivity index (χ4v) is 5.35. The summed E-state index contributed by atoms with van der Waals surface area (Å²) in [7, 11) is 0. The second-order valence-corrected chi connectivity index (χ2v) is 8.79. The molecule has 0 atom stereocenters. The average Bonchev–Trinajstić information content (AvgIpc) is 3.16. The van der Waals surface area contributed by atoms with E-state index in [1.54, 1.807) is 18.5 Å². The molecule has 2 aromatic heterocycles. The Hall–Kier alpha value is -2.78. The number of piperazine rings is 1. The van der Waals surface area contributed by atoms with Gasteiger partial charge in [0.15, 0.2) is 0 Å². The Morgan fingerprint density at radius 2 is 1.71 bits per heavy atom. The van der Waals surface area contributed by atoms with E-state index < -0.39 is 0 Å². The van der Waals surface area contributed by atoms with Gasteiger partial charge in [0.05, 0.1) is 23.5 Å². The molecule has 0 N–H and O–H groups in total. The van der Waals surface area contributed by atoms with Crippen molar-refractivity contribution >= 4 is 39.0 Å². The van der Waals surface area contributed by atoms with E-state index in [9.17, 15) is 9.18 Å². The van der Waals surface area contributed by atoms with E-state index in [-0.39, 0.29) is 11.7 Å². The van der Waals surface area contributed by atoms with Gasteiger partial charge in [-0.1, -0.05) is 0 Å². The summed E-state index contributed by atoms with van der Waals surface area (Å²) in [4.78, 5) is 30.2. The molecule has 1 aromatic carbocycles. The first kappa shape index (κ1) is 20.1. The Labute approximate surface area is 184 Å². The molecule has 0 unspecified atom stereocenters. The number of morpholine rings is 1. The number of rotatable bonds is 3. The summed E-state index contributed by atoms with van der Waals surface area (Å²) >= 11 is 1.45. The highest BCUT2D eigenvalue weighted by molar-refractivity contribution is 7.20. The van der Waals surface area contributed by atoms with Gasteiger partial charge in [0.25, 0.3) is 5.91 Å². The number of hydrogen-bond acceptors (Lipinski definition) is 7. The third-order valence-corrected chi connectivity index (χ3v) is 7.16. The predicted octanol–water partition coefficient (Wildman–Crippen LogP) is 2.94.